The lowest BCUT2D eigenvalue weighted by Crippen LogP contribution is -2.42. The quantitative estimate of drug-likeness (QED) is 0.410. The number of nitrogens with zero attached hydrogens (tertiary/aromatic N) is 1. The van der Waals surface area contributed by atoms with Gasteiger partial charge in [0, 0.05) is 18.5 Å². The molecule has 30 heavy (non-hydrogen) atoms. The van der Waals surface area contributed by atoms with Crippen LogP contribution >= 0.6 is 12.4 Å². The molecule has 0 aromatic heterocycles. The van der Waals surface area contributed by atoms with Crippen molar-refractivity contribution in [1.29, 1.82) is 0 Å². The Kier molecular flexibility index (Phi) is 8.00. The van der Waals surface area contributed by atoms with E-state index in [0.717, 1.165) is 56.1 Å². The molecule has 2 aromatic rings. The second-order valence-electron chi connectivity index (χ2n) is 7.76. The molecule has 0 aliphatic carbocycles. The van der Waals surface area contributed by atoms with Crippen molar-refractivity contribution in [3.8, 4) is 17.2 Å². The number of benzene rings is 2. The van der Waals surface area contributed by atoms with Gasteiger partial charge in [0.2, 0.25) is 6.79 Å². The molecule has 0 saturated carbocycles. The number of allylic oxidation sites excluding steroid dienone is 1. The molecule has 0 unspecified atom stereocenters. The van der Waals surface area contributed by atoms with Crippen LogP contribution < -0.4 is 14.2 Å². The van der Waals surface area contributed by atoms with Gasteiger partial charge in [-0.3, -0.25) is 0 Å². The molecule has 1 saturated heterocycles. The van der Waals surface area contributed by atoms with Crippen molar-refractivity contribution in [1.82, 2.24) is 4.90 Å². The number of unbranched alkanes of at least 4 members (excludes halogenated alkanes) is 1. The van der Waals surface area contributed by atoms with Gasteiger partial charge in [-0.1, -0.05) is 18.2 Å². The zero-order valence-corrected chi connectivity index (χ0v) is 17.9. The van der Waals surface area contributed by atoms with Crippen molar-refractivity contribution in [3.63, 3.8) is 0 Å². The molecule has 0 radical (unpaired) electrons. The van der Waals surface area contributed by atoms with Gasteiger partial charge in [0.1, 0.15) is 11.6 Å². The highest BCUT2D eigenvalue weighted by molar-refractivity contribution is 5.85. The van der Waals surface area contributed by atoms with Gasteiger partial charge in [-0.2, -0.15) is 0 Å². The molecule has 2 aliphatic rings. The summed E-state index contributed by atoms with van der Waals surface area (Å²) >= 11 is 0. The SMILES string of the molecule is C=CCCCN1CC[C@@H](c2ccc(F)cc2)[C@H](COc2ccc3c(c2)OCO3)C1.Cl. The summed E-state index contributed by atoms with van der Waals surface area (Å²) in [5.41, 5.74) is 1.19. The Hall–Kier alpha value is -2.24. The summed E-state index contributed by atoms with van der Waals surface area (Å²) in [4.78, 5) is 2.51. The molecule has 0 amide bonds. The minimum atomic E-state index is -0.191. The Balaban J connectivity index is 0.00000256. The molecule has 2 heterocycles. The Morgan fingerprint density at radius 1 is 1.13 bits per heavy atom. The van der Waals surface area contributed by atoms with Crippen molar-refractivity contribution in [2.75, 3.05) is 33.0 Å². The maximum atomic E-state index is 13.4. The van der Waals surface area contributed by atoms with Gasteiger partial charge < -0.3 is 19.1 Å². The normalized spacial score (nSPS) is 20.4. The topological polar surface area (TPSA) is 30.9 Å². The van der Waals surface area contributed by atoms with E-state index in [2.05, 4.69) is 11.5 Å². The van der Waals surface area contributed by atoms with Gasteiger partial charge in [-0.25, -0.2) is 4.39 Å². The molecule has 6 heteroatoms. The van der Waals surface area contributed by atoms with E-state index in [1.165, 1.54) is 5.56 Å². The first-order valence-electron chi connectivity index (χ1n) is 10.3. The zero-order valence-electron chi connectivity index (χ0n) is 17.1. The van der Waals surface area contributed by atoms with Crippen molar-refractivity contribution in [2.24, 2.45) is 5.92 Å². The number of piperidine rings is 1. The van der Waals surface area contributed by atoms with Crippen LogP contribution in [-0.2, 0) is 0 Å². The highest BCUT2D eigenvalue weighted by atomic mass is 35.5. The number of fused-ring (bicyclic) bond motifs is 1. The summed E-state index contributed by atoms with van der Waals surface area (Å²) in [5, 5.41) is 0. The largest absolute Gasteiger partial charge is 0.493 e. The van der Waals surface area contributed by atoms with Crippen LogP contribution in [0.15, 0.2) is 55.1 Å². The van der Waals surface area contributed by atoms with Gasteiger partial charge in [0.05, 0.1) is 6.61 Å². The number of likely N-dealkylation sites (tertiary alicyclic amines) is 1. The molecule has 2 atom stereocenters. The molecule has 0 N–H and O–H groups in total. The second-order valence-corrected chi connectivity index (χ2v) is 7.76. The highest BCUT2D eigenvalue weighted by Crippen LogP contribution is 2.37. The number of ether oxygens (including phenoxy) is 3. The van der Waals surface area contributed by atoms with Gasteiger partial charge in [0.15, 0.2) is 11.5 Å². The van der Waals surface area contributed by atoms with Crippen LogP contribution in [0.1, 0.15) is 30.7 Å². The third-order valence-electron chi connectivity index (χ3n) is 5.81. The fourth-order valence-corrected chi connectivity index (χ4v) is 4.26. The van der Waals surface area contributed by atoms with Crippen molar-refractivity contribution < 1.29 is 18.6 Å². The van der Waals surface area contributed by atoms with Gasteiger partial charge >= 0.3 is 0 Å². The van der Waals surface area contributed by atoms with E-state index in [0.29, 0.717) is 18.4 Å². The first kappa shape index (κ1) is 22.4. The van der Waals surface area contributed by atoms with Crippen LogP contribution in [-0.4, -0.2) is 37.9 Å². The van der Waals surface area contributed by atoms with Crippen LogP contribution in [0.5, 0.6) is 17.2 Å². The minimum Gasteiger partial charge on any atom is -0.493 e. The molecule has 0 bridgehead atoms. The summed E-state index contributed by atoms with van der Waals surface area (Å²) < 4.78 is 30.4. The van der Waals surface area contributed by atoms with Crippen molar-refractivity contribution in [3.05, 3.63) is 66.5 Å². The molecule has 4 rings (SSSR count). The fraction of sp³-hybridized carbons (Fsp3) is 0.417. The number of rotatable bonds is 8. The molecular formula is C24H29ClFNO3. The second kappa shape index (κ2) is 10.7. The summed E-state index contributed by atoms with van der Waals surface area (Å²) in [6.45, 7) is 7.79. The number of halogens is 2. The number of hydrogen-bond donors (Lipinski definition) is 0. The van der Waals surface area contributed by atoms with E-state index in [1.54, 1.807) is 12.1 Å². The van der Waals surface area contributed by atoms with Gasteiger partial charge in [-0.05, 0) is 68.1 Å². The molecule has 2 aliphatic heterocycles. The van der Waals surface area contributed by atoms with Crippen molar-refractivity contribution >= 4 is 12.4 Å². The van der Waals surface area contributed by atoms with E-state index in [-0.39, 0.29) is 25.0 Å². The van der Waals surface area contributed by atoms with E-state index in [9.17, 15) is 4.39 Å². The predicted octanol–water partition coefficient (Wildman–Crippen LogP) is 5.43. The maximum absolute atomic E-state index is 13.4. The summed E-state index contributed by atoms with van der Waals surface area (Å²) in [6, 6.07) is 12.6. The number of hydrogen-bond acceptors (Lipinski definition) is 4. The zero-order chi connectivity index (χ0) is 20.1. The maximum Gasteiger partial charge on any atom is 0.231 e. The first-order valence-corrected chi connectivity index (χ1v) is 10.3. The lowest BCUT2D eigenvalue weighted by Gasteiger charge is -2.38. The highest BCUT2D eigenvalue weighted by Gasteiger charge is 2.31. The Bertz CT molecular complexity index is 830. The van der Waals surface area contributed by atoms with Crippen LogP contribution in [0.25, 0.3) is 0 Å². The minimum absolute atomic E-state index is 0. The van der Waals surface area contributed by atoms with Crippen LogP contribution in [0.4, 0.5) is 4.39 Å². The fourth-order valence-electron chi connectivity index (χ4n) is 4.26. The van der Waals surface area contributed by atoms with E-state index in [1.807, 2.05) is 36.4 Å². The van der Waals surface area contributed by atoms with Crippen LogP contribution in [0, 0.1) is 11.7 Å². The van der Waals surface area contributed by atoms with Crippen LogP contribution in [0.3, 0.4) is 0 Å². The average Bonchev–Trinajstić information content (AvgIpc) is 3.21. The summed E-state index contributed by atoms with van der Waals surface area (Å²) in [7, 11) is 0. The van der Waals surface area contributed by atoms with Gasteiger partial charge in [0.25, 0.3) is 0 Å². The summed E-state index contributed by atoms with van der Waals surface area (Å²) in [6.07, 6.45) is 5.19. The molecule has 4 nitrogen and oxygen atoms in total. The Morgan fingerprint density at radius 3 is 2.73 bits per heavy atom. The smallest absolute Gasteiger partial charge is 0.231 e. The van der Waals surface area contributed by atoms with Crippen molar-refractivity contribution in [2.45, 2.75) is 25.2 Å². The molecule has 162 valence electrons. The third-order valence-corrected chi connectivity index (χ3v) is 5.81. The van der Waals surface area contributed by atoms with E-state index in [4.69, 9.17) is 14.2 Å². The van der Waals surface area contributed by atoms with Crippen LogP contribution in [0.2, 0.25) is 0 Å². The lowest BCUT2D eigenvalue weighted by atomic mass is 9.80. The Labute approximate surface area is 184 Å². The molecular weight excluding hydrogens is 405 g/mol. The molecule has 1 fully saturated rings. The lowest BCUT2D eigenvalue weighted by molar-refractivity contribution is 0.110. The molecule has 2 aromatic carbocycles. The van der Waals surface area contributed by atoms with Gasteiger partial charge in [-0.15, -0.1) is 19.0 Å². The Morgan fingerprint density at radius 2 is 1.93 bits per heavy atom. The third kappa shape index (κ3) is 5.46. The summed E-state index contributed by atoms with van der Waals surface area (Å²) in [5.74, 6) is 2.78. The first-order chi connectivity index (χ1) is 14.2. The van der Waals surface area contributed by atoms with E-state index >= 15 is 0 Å². The average molecular weight is 434 g/mol. The monoisotopic (exact) mass is 433 g/mol. The predicted molar refractivity (Wildman–Crippen MR) is 118 cm³/mol. The van der Waals surface area contributed by atoms with E-state index < -0.39 is 0 Å². The molecule has 0 spiro atoms. The standard InChI is InChI=1S/C24H28FNO3.ClH/c1-2-3-4-12-26-13-11-22(18-5-7-20(25)8-6-18)19(15-26)16-27-21-9-10-23-24(14-21)29-17-28-23;/h2,5-10,14,19,22H,1,3-4,11-13,15-17H2;1H/t19-,22-;/m0./s1.